The van der Waals surface area contributed by atoms with Crippen LogP contribution in [0.15, 0.2) is 53.3 Å². The lowest BCUT2D eigenvalue weighted by Crippen LogP contribution is -2.28. The molecule has 1 N–H and O–H groups in total. The summed E-state index contributed by atoms with van der Waals surface area (Å²) in [5, 5.41) is 3.32. The number of Topliss-reactive ketones (excluding diaryl/α,β-unsaturated/α-hetero) is 1. The van der Waals surface area contributed by atoms with E-state index in [1.807, 2.05) is 56.0 Å². The summed E-state index contributed by atoms with van der Waals surface area (Å²) in [7, 11) is 1.77. The summed E-state index contributed by atoms with van der Waals surface area (Å²) in [6.45, 7) is 7.63. The molecule has 0 aliphatic carbocycles. The molecule has 10 heteroatoms. The Hall–Kier alpha value is -3.85. The number of ketones is 1. The quantitative estimate of drug-likeness (QED) is 0.247. The summed E-state index contributed by atoms with van der Waals surface area (Å²) in [6.07, 6.45) is 3.31. The molecule has 43 heavy (non-hydrogen) atoms. The number of carbonyl (C=O) groups excluding carboxylic acids is 3. The first kappa shape index (κ1) is 32.1. The van der Waals surface area contributed by atoms with Gasteiger partial charge in [-0.05, 0) is 61.9 Å². The Balaban J connectivity index is 1.49. The molecule has 0 saturated carbocycles. The van der Waals surface area contributed by atoms with E-state index in [1.54, 1.807) is 29.9 Å². The first-order valence-electron chi connectivity index (χ1n) is 14.9. The summed E-state index contributed by atoms with van der Waals surface area (Å²) >= 11 is 6.14. The van der Waals surface area contributed by atoms with Crippen molar-refractivity contribution in [3.63, 3.8) is 0 Å². The third-order valence-corrected chi connectivity index (χ3v) is 8.13. The van der Waals surface area contributed by atoms with Gasteiger partial charge in [-0.25, -0.2) is 4.68 Å². The van der Waals surface area contributed by atoms with Gasteiger partial charge in [0.25, 0.3) is 5.56 Å². The number of para-hydroxylation sites is 1. The van der Waals surface area contributed by atoms with E-state index in [4.69, 9.17) is 16.3 Å². The van der Waals surface area contributed by atoms with Crippen LogP contribution in [-0.2, 0) is 23.1 Å². The molecule has 1 fully saturated rings. The van der Waals surface area contributed by atoms with Crippen LogP contribution in [0, 0.1) is 5.41 Å². The van der Waals surface area contributed by atoms with Crippen molar-refractivity contribution in [3.05, 3.63) is 75.2 Å². The SMILES string of the molecule is CCOc1ccc(Cl)cc1C(=O)CCC(C)(C)CC(=O)Nc1c(CCC(=O)N2CCCC2)n(C)n(-c2ccccc2)c1=O. The molecule has 230 valence electrons. The van der Waals surface area contributed by atoms with Gasteiger partial charge in [0.1, 0.15) is 11.4 Å². The predicted octanol–water partition coefficient (Wildman–Crippen LogP) is 5.80. The molecule has 0 bridgehead atoms. The second-order valence-corrected chi connectivity index (χ2v) is 12.2. The number of rotatable bonds is 13. The molecule has 1 aromatic heterocycles. The number of carbonyl (C=O) groups is 3. The van der Waals surface area contributed by atoms with E-state index in [9.17, 15) is 19.2 Å². The number of nitrogens with zero attached hydrogens (tertiary/aromatic N) is 3. The van der Waals surface area contributed by atoms with Crippen LogP contribution in [0.5, 0.6) is 5.75 Å². The molecule has 1 aliphatic rings. The molecule has 0 atom stereocenters. The minimum atomic E-state index is -0.538. The van der Waals surface area contributed by atoms with Crippen molar-refractivity contribution in [2.24, 2.45) is 12.5 Å². The van der Waals surface area contributed by atoms with E-state index in [2.05, 4.69) is 5.32 Å². The van der Waals surface area contributed by atoms with Gasteiger partial charge in [0.05, 0.1) is 23.6 Å². The van der Waals surface area contributed by atoms with Gasteiger partial charge in [-0.2, -0.15) is 0 Å². The monoisotopic (exact) mass is 608 g/mol. The molecule has 0 unspecified atom stereocenters. The van der Waals surface area contributed by atoms with E-state index < -0.39 is 5.41 Å². The van der Waals surface area contributed by atoms with Crippen LogP contribution in [0.1, 0.15) is 75.3 Å². The summed E-state index contributed by atoms with van der Waals surface area (Å²) in [5.41, 5.74) is 0.957. The van der Waals surface area contributed by atoms with E-state index >= 15 is 0 Å². The van der Waals surface area contributed by atoms with E-state index in [0.717, 1.165) is 25.9 Å². The Morgan fingerprint density at radius 2 is 1.72 bits per heavy atom. The van der Waals surface area contributed by atoms with Gasteiger partial charge in [-0.3, -0.25) is 23.9 Å². The summed E-state index contributed by atoms with van der Waals surface area (Å²) < 4.78 is 8.83. The van der Waals surface area contributed by atoms with Gasteiger partial charge in [-0.15, -0.1) is 0 Å². The van der Waals surface area contributed by atoms with Crippen molar-refractivity contribution in [2.45, 2.75) is 65.7 Å². The Labute approximate surface area is 257 Å². The van der Waals surface area contributed by atoms with Crippen molar-refractivity contribution in [3.8, 4) is 11.4 Å². The van der Waals surface area contributed by atoms with Crippen LogP contribution < -0.4 is 15.6 Å². The lowest BCUT2D eigenvalue weighted by Gasteiger charge is -2.23. The number of hydrogen-bond acceptors (Lipinski definition) is 5. The highest BCUT2D eigenvalue weighted by Crippen LogP contribution is 2.31. The molecule has 3 aromatic rings. The molecule has 2 heterocycles. The van der Waals surface area contributed by atoms with Crippen LogP contribution in [0.4, 0.5) is 5.69 Å². The minimum absolute atomic E-state index is 0.0488. The number of anilines is 1. The molecule has 1 saturated heterocycles. The number of halogens is 1. The smallest absolute Gasteiger partial charge is 0.295 e. The number of nitrogens with one attached hydrogen (secondary N) is 1. The molecule has 2 aromatic carbocycles. The second-order valence-electron chi connectivity index (χ2n) is 11.8. The molecule has 9 nitrogen and oxygen atoms in total. The highest BCUT2D eigenvalue weighted by molar-refractivity contribution is 6.31. The van der Waals surface area contributed by atoms with Crippen LogP contribution in [0.3, 0.4) is 0 Å². The van der Waals surface area contributed by atoms with Gasteiger partial charge in [-0.1, -0.05) is 43.6 Å². The first-order valence-corrected chi connectivity index (χ1v) is 15.3. The molecule has 1 aliphatic heterocycles. The Morgan fingerprint density at radius 3 is 2.40 bits per heavy atom. The Kier molecular flexibility index (Phi) is 10.5. The topological polar surface area (TPSA) is 103 Å². The highest BCUT2D eigenvalue weighted by Gasteiger charge is 2.28. The van der Waals surface area contributed by atoms with Gasteiger partial charge in [0.2, 0.25) is 11.8 Å². The molecular formula is C33H41ClN4O5. The number of aromatic nitrogens is 2. The third-order valence-electron chi connectivity index (χ3n) is 7.89. The Morgan fingerprint density at radius 1 is 1.02 bits per heavy atom. The maximum atomic E-state index is 13.7. The van der Waals surface area contributed by atoms with E-state index in [0.29, 0.717) is 47.2 Å². The van der Waals surface area contributed by atoms with Gasteiger partial charge < -0.3 is 15.0 Å². The van der Waals surface area contributed by atoms with Crippen LogP contribution in [0.2, 0.25) is 5.02 Å². The molecule has 2 amide bonds. The zero-order chi connectivity index (χ0) is 31.1. The predicted molar refractivity (Wildman–Crippen MR) is 168 cm³/mol. The van der Waals surface area contributed by atoms with Gasteiger partial charge in [0.15, 0.2) is 5.78 Å². The second kappa shape index (κ2) is 14.1. The number of hydrogen-bond donors (Lipinski definition) is 1. The van der Waals surface area contributed by atoms with E-state index in [1.165, 1.54) is 4.68 Å². The van der Waals surface area contributed by atoms with Crippen molar-refractivity contribution in [2.75, 3.05) is 25.0 Å². The first-order chi connectivity index (χ1) is 20.5. The number of amides is 2. The van der Waals surface area contributed by atoms with Crippen LogP contribution in [-0.4, -0.2) is 51.6 Å². The summed E-state index contributed by atoms with van der Waals surface area (Å²) in [5.74, 6) is 0.0955. The maximum Gasteiger partial charge on any atom is 0.295 e. The van der Waals surface area contributed by atoms with Crippen molar-refractivity contribution in [1.82, 2.24) is 14.3 Å². The van der Waals surface area contributed by atoms with Gasteiger partial charge >= 0.3 is 0 Å². The standard InChI is InChI=1S/C33H41ClN4O5/c1-5-43-28-15-13-23(34)21-25(28)27(39)17-18-33(2,3)22-29(40)35-31-26(14-16-30(41)37-19-9-10-20-37)36(4)38(32(31)42)24-11-7-6-8-12-24/h6-8,11-13,15,21H,5,9-10,14,16-20,22H2,1-4H3,(H,35,40). The largest absolute Gasteiger partial charge is 0.493 e. The van der Waals surface area contributed by atoms with Crippen molar-refractivity contribution >= 4 is 34.9 Å². The fraction of sp³-hybridized carbons (Fsp3) is 0.455. The molecular weight excluding hydrogens is 568 g/mol. The third kappa shape index (κ3) is 7.96. The zero-order valence-electron chi connectivity index (χ0n) is 25.5. The fourth-order valence-electron chi connectivity index (χ4n) is 5.56. The zero-order valence-corrected chi connectivity index (χ0v) is 26.2. The average molecular weight is 609 g/mol. The number of benzene rings is 2. The highest BCUT2D eigenvalue weighted by atomic mass is 35.5. The van der Waals surface area contributed by atoms with Gasteiger partial charge in [0, 0.05) is 50.8 Å². The van der Waals surface area contributed by atoms with Crippen LogP contribution >= 0.6 is 11.6 Å². The van der Waals surface area contributed by atoms with Crippen LogP contribution in [0.25, 0.3) is 5.69 Å². The normalized spacial score (nSPS) is 13.3. The summed E-state index contributed by atoms with van der Waals surface area (Å²) in [6, 6.07) is 14.2. The minimum Gasteiger partial charge on any atom is -0.493 e. The number of ether oxygens (including phenoxy) is 1. The van der Waals surface area contributed by atoms with Crippen molar-refractivity contribution in [1.29, 1.82) is 0 Å². The number of likely N-dealkylation sites (tertiary alicyclic amines) is 1. The lowest BCUT2D eigenvalue weighted by atomic mass is 9.82. The Bertz CT molecular complexity index is 1520. The lowest BCUT2D eigenvalue weighted by molar-refractivity contribution is -0.130. The molecule has 0 radical (unpaired) electrons. The summed E-state index contributed by atoms with van der Waals surface area (Å²) in [4.78, 5) is 54.8. The molecule has 0 spiro atoms. The fourth-order valence-corrected chi connectivity index (χ4v) is 5.74. The van der Waals surface area contributed by atoms with E-state index in [-0.39, 0.29) is 48.1 Å². The average Bonchev–Trinajstić information content (AvgIpc) is 3.59. The maximum absolute atomic E-state index is 13.7. The molecule has 4 rings (SSSR count). The van der Waals surface area contributed by atoms with Crippen molar-refractivity contribution < 1.29 is 19.1 Å².